The number of halogens is 3. The lowest BCUT2D eigenvalue weighted by molar-refractivity contribution is -0.137. The summed E-state index contributed by atoms with van der Waals surface area (Å²) in [4.78, 5) is 14.1. The number of H-pyrrole nitrogens is 1. The molecule has 0 amide bonds. The molecule has 118 valence electrons. The van der Waals surface area contributed by atoms with E-state index in [-0.39, 0.29) is 16.6 Å². The summed E-state index contributed by atoms with van der Waals surface area (Å²) in [6.45, 7) is 1.48. The van der Waals surface area contributed by atoms with Crippen LogP contribution in [-0.2, 0) is 6.18 Å². The number of aromatic nitrogens is 1. The molecule has 1 heterocycles. The standard InChI is InChI=1S/C14H10BF3N2O3/c1-7-4-10(11(6-19)13(21)20-7)9-3-2-8(15(22)23)5-12(9)14(16,17)18/h2-5,22-23H,1H3,(H,20,21). The van der Waals surface area contributed by atoms with Crippen molar-refractivity contribution < 1.29 is 23.2 Å². The average Bonchev–Trinajstić information content (AvgIpc) is 2.44. The molecule has 0 unspecified atom stereocenters. The highest BCUT2D eigenvalue weighted by Crippen LogP contribution is 2.37. The monoisotopic (exact) mass is 322 g/mol. The largest absolute Gasteiger partial charge is 0.488 e. The molecule has 2 rings (SSSR count). The van der Waals surface area contributed by atoms with Crippen LogP contribution in [0.4, 0.5) is 13.2 Å². The number of aromatic amines is 1. The van der Waals surface area contributed by atoms with E-state index in [1.807, 2.05) is 0 Å². The molecule has 0 aliphatic carbocycles. The Morgan fingerprint density at radius 3 is 2.39 bits per heavy atom. The van der Waals surface area contributed by atoms with Crippen LogP contribution in [-0.4, -0.2) is 22.2 Å². The second-order valence-corrected chi connectivity index (χ2v) is 4.86. The van der Waals surface area contributed by atoms with Gasteiger partial charge in [-0.25, -0.2) is 0 Å². The van der Waals surface area contributed by atoms with E-state index in [1.54, 1.807) is 6.07 Å². The lowest BCUT2D eigenvalue weighted by atomic mass is 9.78. The van der Waals surface area contributed by atoms with E-state index in [4.69, 9.17) is 15.3 Å². The van der Waals surface area contributed by atoms with E-state index in [0.29, 0.717) is 11.8 Å². The van der Waals surface area contributed by atoms with Gasteiger partial charge in [0.05, 0.1) is 5.56 Å². The molecule has 0 fully saturated rings. The molecule has 0 aliphatic heterocycles. The van der Waals surface area contributed by atoms with Crippen LogP contribution in [0.1, 0.15) is 16.8 Å². The molecule has 0 bridgehead atoms. The van der Waals surface area contributed by atoms with Crippen molar-refractivity contribution in [2.24, 2.45) is 0 Å². The van der Waals surface area contributed by atoms with Crippen molar-refractivity contribution in [3.05, 3.63) is 51.4 Å². The maximum Gasteiger partial charge on any atom is 0.488 e. The fraction of sp³-hybridized carbons (Fsp3) is 0.143. The minimum absolute atomic E-state index is 0.167. The van der Waals surface area contributed by atoms with Crippen LogP contribution >= 0.6 is 0 Å². The molecule has 0 saturated carbocycles. The van der Waals surface area contributed by atoms with E-state index >= 15 is 0 Å². The number of alkyl halides is 3. The van der Waals surface area contributed by atoms with Crippen molar-refractivity contribution in [3.63, 3.8) is 0 Å². The molecular weight excluding hydrogens is 312 g/mol. The molecule has 0 radical (unpaired) electrons. The Kier molecular flexibility index (Phi) is 4.32. The van der Waals surface area contributed by atoms with Gasteiger partial charge in [-0.15, -0.1) is 0 Å². The fourth-order valence-corrected chi connectivity index (χ4v) is 2.20. The first kappa shape index (κ1) is 16.8. The number of nitriles is 1. The Labute approximate surface area is 128 Å². The first-order chi connectivity index (χ1) is 10.6. The first-order valence-electron chi connectivity index (χ1n) is 6.37. The first-order valence-corrected chi connectivity index (χ1v) is 6.37. The summed E-state index contributed by atoms with van der Waals surface area (Å²) < 4.78 is 39.8. The highest BCUT2D eigenvalue weighted by Gasteiger charge is 2.35. The maximum atomic E-state index is 13.3. The normalized spacial score (nSPS) is 11.2. The van der Waals surface area contributed by atoms with Crippen LogP contribution in [0.15, 0.2) is 29.1 Å². The van der Waals surface area contributed by atoms with E-state index in [9.17, 15) is 18.0 Å². The quantitative estimate of drug-likeness (QED) is 0.716. The number of pyridine rings is 1. The molecule has 23 heavy (non-hydrogen) atoms. The summed E-state index contributed by atoms with van der Waals surface area (Å²) in [6, 6.07) is 5.54. The SMILES string of the molecule is Cc1cc(-c2ccc(B(O)O)cc2C(F)(F)F)c(C#N)c(=O)[nH]1. The summed E-state index contributed by atoms with van der Waals surface area (Å²) in [5, 5.41) is 27.1. The number of hydrogen-bond donors (Lipinski definition) is 3. The fourth-order valence-electron chi connectivity index (χ4n) is 2.20. The van der Waals surface area contributed by atoms with Gasteiger partial charge >= 0.3 is 13.3 Å². The molecule has 9 heteroatoms. The van der Waals surface area contributed by atoms with Gasteiger partial charge in [0.25, 0.3) is 5.56 Å². The third-order valence-electron chi connectivity index (χ3n) is 3.22. The van der Waals surface area contributed by atoms with Crippen molar-refractivity contribution in [1.29, 1.82) is 5.26 Å². The summed E-state index contributed by atoms with van der Waals surface area (Å²) in [7, 11) is -2.07. The minimum atomic E-state index is -4.80. The second-order valence-electron chi connectivity index (χ2n) is 4.86. The molecule has 3 N–H and O–H groups in total. The Bertz CT molecular complexity index is 854. The van der Waals surface area contributed by atoms with E-state index < -0.39 is 30.0 Å². The van der Waals surface area contributed by atoms with Crippen LogP contribution in [0.25, 0.3) is 11.1 Å². The van der Waals surface area contributed by atoms with Crippen molar-refractivity contribution in [1.82, 2.24) is 4.98 Å². The number of hydrogen-bond acceptors (Lipinski definition) is 4. The van der Waals surface area contributed by atoms with Gasteiger partial charge in [0.1, 0.15) is 11.6 Å². The Morgan fingerprint density at radius 2 is 1.87 bits per heavy atom. The van der Waals surface area contributed by atoms with Gasteiger partial charge in [-0.2, -0.15) is 18.4 Å². The molecule has 1 aromatic heterocycles. The molecule has 0 saturated heterocycles. The molecule has 5 nitrogen and oxygen atoms in total. The van der Waals surface area contributed by atoms with Crippen molar-refractivity contribution in [2.45, 2.75) is 13.1 Å². The molecule has 0 spiro atoms. The summed E-state index contributed by atoms with van der Waals surface area (Å²) in [6.07, 6.45) is -4.80. The van der Waals surface area contributed by atoms with Gasteiger partial charge < -0.3 is 15.0 Å². The maximum absolute atomic E-state index is 13.3. The zero-order valence-corrected chi connectivity index (χ0v) is 11.8. The lowest BCUT2D eigenvalue weighted by Crippen LogP contribution is -2.31. The number of benzene rings is 1. The van der Waals surface area contributed by atoms with Gasteiger partial charge in [-0.05, 0) is 30.1 Å². The predicted octanol–water partition coefficient (Wildman–Crippen LogP) is 0.921. The van der Waals surface area contributed by atoms with Crippen LogP contribution in [0, 0.1) is 18.3 Å². The zero-order valence-electron chi connectivity index (χ0n) is 11.8. The number of nitrogens with zero attached hydrogens (tertiary/aromatic N) is 1. The Balaban J connectivity index is 2.85. The number of nitrogens with one attached hydrogen (secondary N) is 1. The Morgan fingerprint density at radius 1 is 1.22 bits per heavy atom. The van der Waals surface area contributed by atoms with Gasteiger partial charge in [-0.3, -0.25) is 4.79 Å². The topological polar surface area (TPSA) is 97.1 Å². The van der Waals surface area contributed by atoms with Gasteiger partial charge in [0.15, 0.2) is 0 Å². The molecule has 1 aromatic carbocycles. The minimum Gasteiger partial charge on any atom is -0.423 e. The Hall–Kier alpha value is -2.57. The highest BCUT2D eigenvalue weighted by atomic mass is 19.4. The average molecular weight is 322 g/mol. The van der Waals surface area contributed by atoms with Crippen molar-refractivity contribution in [3.8, 4) is 17.2 Å². The third-order valence-corrected chi connectivity index (χ3v) is 3.22. The van der Waals surface area contributed by atoms with Crippen LogP contribution in [0.5, 0.6) is 0 Å². The van der Waals surface area contributed by atoms with E-state index in [0.717, 1.165) is 12.1 Å². The number of aryl methyl sites for hydroxylation is 1. The van der Waals surface area contributed by atoms with Gasteiger partial charge in [0, 0.05) is 11.3 Å². The van der Waals surface area contributed by atoms with Gasteiger partial charge in [0.2, 0.25) is 0 Å². The smallest absolute Gasteiger partial charge is 0.423 e. The number of rotatable bonds is 2. The van der Waals surface area contributed by atoms with Crippen molar-refractivity contribution in [2.75, 3.05) is 0 Å². The summed E-state index contributed by atoms with van der Waals surface area (Å²) in [5.41, 5.74) is -3.00. The zero-order chi connectivity index (χ0) is 17.4. The predicted molar refractivity (Wildman–Crippen MR) is 76.8 cm³/mol. The molecular formula is C14H10BF3N2O3. The summed E-state index contributed by atoms with van der Waals surface area (Å²) in [5.74, 6) is 0. The highest BCUT2D eigenvalue weighted by molar-refractivity contribution is 6.58. The third kappa shape index (κ3) is 3.28. The van der Waals surface area contributed by atoms with Crippen LogP contribution in [0.3, 0.4) is 0 Å². The molecule has 0 aliphatic rings. The summed E-state index contributed by atoms with van der Waals surface area (Å²) >= 11 is 0. The molecule has 0 atom stereocenters. The second kappa shape index (κ2) is 5.91. The van der Waals surface area contributed by atoms with E-state index in [1.165, 1.54) is 13.0 Å². The van der Waals surface area contributed by atoms with E-state index in [2.05, 4.69) is 4.98 Å². The lowest BCUT2D eigenvalue weighted by Gasteiger charge is -2.15. The van der Waals surface area contributed by atoms with Crippen LogP contribution in [0.2, 0.25) is 0 Å². The van der Waals surface area contributed by atoms with Gasteiger partial charge in [-0.1, -0.05) is 12.1 Å². The van der Waals surface area contributed by atoms with Crippen molar-refractivity contribution >= 4 is 12.6 Å². The molecule has 2 aromatic rings. The van der Waals surface area contributed by atoms with Crippen LogP contribution < -0.4 is 11.0 Å².